The molecule has 2 aromatic carbocycles. The number of oxazole rings is 1. The fraction of sp³-hybridized carbons (Fsp3) is 0.120. The smallest absolute Gasteiger partial charge is 0.431 e. The number of carbonyl (C=O) groups excluding carboxylic acids is 2. The highest BCUT2D eigenvalue weighted by Gasteiger charge is 2.42. The molecule has 0 spiro atoms. The standard InChI is InChI=1S/C25H18ClF3N4O5S/c1-39(36,37)13-31-22(34)15-7-9-17(18(26)11-15)19-10-8-16(12-30-19)32-23(35)20-21(25(27,28)29)38-24(33-20)14-5-3-2-4-6-14/h2-12H,13H2,1H3,(H,31,34)(H,32,35). The number of benzene rings is 2. The Morgan fingerprint density at radius 3 is 2.33 bits per heavy atom. The molecule has 2 N–H and O–H groups in total. The third-order valence-corrected chi connectivity index (χ3v) is 6.13. The molecule has 0 atom stereocenters. The molecule has 0 saturated carbocycles. The fourth-order valence-electron chi connectivity index (χ4n) is 3.35. The molecule has 2 amide bonds. The molecule has 2 heterocycles. The van der Waals surface area contributed by atoms with Gasteiger partial charge in [-0.3, -0.25) is 14.6 Å². The van der Waals surface area contributed by atoms with Gasteiger partial charge < -0.3 is 15.1 Å². The summed E-state index contributed by atoms with van der Waals surface area (Å²) in [6.45, 7) is 0. The highest BCUT2D eigenvalue weighted by Crippen LogP contribution is 2.35. The molecular weight excluding hydrogens is 561 g/mol. The zero-order chi connectivity index (χ0) is 28.4. The van der Waals surface area contributed by atoms with Gasteiger partial charge in [0.15, 0.2) is 15.5 Å². The molecule has 14 heteroatoms. The summed E-state index contributed by atoms with van der Waals surface area (Å²) in [4.78, 5) is 32.8. The van der Waals surface area contributed by atoms with Gasteiger partial charge in [0.1, 0.15) is 5.88 Å². The van der Waals surface area contributed by atoms with Gasteiger partial charge in [-0.2, -0.15) is 13.2 Å². The van der Waals surface area contributed by atoms with Crippen molar-refractivity contribution in [3.05, 3.63) is 88.9 Å². The molecule has 0 bridgehead atoms. The normalized spacial score (nSPS) is 11.7. The van der Waals surface area contributed by atoms with Crippen molar-refractivity contribution >= 4 is 38.9 Å². The maximum absolute atomic E-state index is 13.5. The first-order valence-corrected chi connectivity index (χ1v) is 13.4. The van der Waals surface area contributed by atoms with Gasteiger partial charge in [0.25, 0.3) is 11.8 Å². The lowest BCUT2D eigenvalue weighted by Gasteiger charge is -2.09. The topological polar surface area (TPSA) is 131 Å². The number of alkyl halides is 3. The Bertz CT molecular complexity index is 1640. The summed E-state index contributed by atoms with van der Waals surface area (Å²) in [5.41, 5.74) is 0.290. The van der Waals surface area contributed by atoms with Gasteiger partial charge in [-0.05, 0) is 36.4 Å². The molecule has 4 rings (SSSR count). The van der Waals surface area contributed by atoms with Crippen LogP contribution in [0, 0.1) is 0 Å². The van der Waals surface area contributed by atoms with E-state index in [1.54, 1.807) is 18.2 Å². The summed E-state index contributed by atoms with van der Waals surface area (Å²) >= 11 is 6.28. The minimum Gasteiger partial charge on any atom is -0.431 e. The van der Waals surface area contributed by atoms with E-state index in [0.717, 1.165) is 6.26 Å². The number of halogens is 4. The van der Waals surface area contributed by atoms with Crippen molar-refractivity contribution < 1.29 is 35.6 Å². The van der Waals surface area contributed by atoms with Crippen molar-refractivity contribution in [1.82, 2.24) is 15.3 Å². The zero-order valence-electron chi connectivity index (χ0n) is 19.9. The largest absolute Gasteiger partial charge is 0.452 e. The first-order chi connectivity index (χ1) is 18.3. The number of nitrogens with one attached hydrogen (secondary N) is 2. The van der Waals surface area contributed by atoms with Gasteiger partial charge in [0, 0.05) is 22.9 Å². The van der Waals surface area contributed by atoms with Gasteiger partial charge in [0.2, 0.25) is 11.7 Å². The molecule has 0 radical (unpaired) electrons. The summed E-state index contributed by atoms with van der Waals surface area (Å²) in [5.74, 6) is -4.21. The second-order valence-corrected chi connectivity index (χ2v) is 10.8. The van der Waals surface area contributed by atoms with Crippen molar-refractivity contribution in [2.24, 2.45) is 0 Å². The average molecular weight is 579 g/mol. The van der Waals surface area contributed by atoms with E-state index in [-0.39, 0.29) is 27.7 Å². The molecule has 2 aromatic heterocycles. The Kier molecular flexibility index (Phi) is 7.74. The number of hydrogen-bond donors (Lipinski definition) is 2. The van der Waals surface area contributed by atoms with Gasteiger partial charge in [-0.1, -0.05) is 35.9 Å². The summed E-state index contributed by atoms with van der Waals surface area (Å²) in [6, 6.07) is 14.9. The molecule has 9 nitrogen and oxygen atoms in total. The van der Waals surface area contributed by atoms with E-state index in [1.165, 1.54) is 48.7 Å². The van der Waals surface area contributed by atoms with E-state index in [2.05, 4.69) is 20.6 Å². The predicted molar refractivity (Wildman–Crippen MR) is 137 cm³/mol. The monoisotopic (exact) mass is 578 g/mol. The number of aromatic nitrogens is 2. The van der Waals surface area contributed by atoms with Crippen molar-refractivity contribution in [3.63, 3.8) is 0 Å². The SMILES string of the molecule is CS(=O)(=O)CNC(=O)c1ccc(-c2ccc(NC(=O)c3nc(-c4ccccc4)oc3C(F)(F)F)cn2)c(Cl)c1. The van der Waals surface area contributed by atoms with Crippen LogP contribution in [0.25, 0.3) is 22.7 Å². The van der Waals surface area contributed by atoms with Crippen LogP contribution in [0.4, 0.5) is 18.9 Å². The lowest BCUT2D eigenvalue weighted by Crippen LogP contribution is -2.28. The van der Waals surface area contributed by atoms with Crippen LogP contribution < -0.4 is 10.6 Å². The number of nitrogens with zero attached hydrogens (tertiary/aromatic N) is 2. The van der Waals surface area contributed by atoms with E-state index in [0.29, 0.717) is 11.3 Å². The first kappa shape index (κ1) is 27.8. The molecule has 0 aliphatic heterocycles. The number of rotatable bonds is 7. The third-order valence-electron chi connectivity index (χ3n) is 5.14. The van der Waals surface area contributed by atoms with Crippen molar-refractivity contribution in [2.45, 2.75) is 6.18 Å². The van der Waals surface area contributed by atoms with Crippen LogP contribution in [0.15, 0.2) is 71.3 Å². The fourth-order valence-corrected chi connectivity index (χ4v) is 4.02. The zero-order valence-corrected chi connectivity index (χ0v) is 21.5. The Morgan fingerprint density at radius 1 is 1.03 bits per heavy atom. The molecule has 4 aromatic rings. The molecule has 0 saturated heterocycles. The van der Waals surface area contributed by atoms with Gasteiger partial charge in [0.05, 0.1) is 22.6 Å². The van der Waals surface area contributed by atoms with E-state index in [9.17, 15) is 31.2 Å². The molecule has 0 aliphatic rings. The second-order valence-electron chi connectivity index (χ2n) is 8.22. The molecule has 0 unspecified atom stereocenters. The van der Waals surface area contributed by atoms with E-state index in [4.69, 9.17) is 16.0 Å². The van der Waals surface area contributed by atoms with E-state index < -0.39 is 45.2 Å². The lowest BCUT2D eigenvalue weighted by atomic mass is 10.1. The number of anilines is 1. The van der Waals surface area contributed by atoms with Crippen LogP contribution in [-0.4, -0.2) is 42.3 Å². The van der Waals surface area contributed by atoms with E-state index in [1.807, 2.05) is 0 Å². The second kappa shape index (κ2) is 10.9. The maximum Gasteiger partial charge on any atom is 0.452 e. The highest BCUT2D eigenvalue weighted by atomic mass is 35.5. The third kappa shape index (κ3) is 6.81. The molecular formula is C25H18ClF3N4O5S. The Hall–Kier alpha value is -4.23. The minimum atomic E-state index is -4.96. The van der Waals surface area contributed by atoms with Crippen LogP contribution in [-0.2, 0) is 16.0 Å². The van der Waals surface area contributed by atoms with Crippen molar-refractivity contribution in [2.75, 3.05) is 17.4 Å². The molecule has 0 fully saturated rings. The predicted octanol–water partition coefficient (Wildman–Crippen LogP) is 5.06. The van der Waals surface area contributed by atoms with Gasteiger partial charge in [-0.25, -0.2) is 13.4 Å². The summed E-state index contributed by atoms with van der Waals surface area (Å²) in [7, 11) is -3.41. The maximum atomic E-state index is 13.5. The van der Waals surface area contributed by atoms with E-state index >= 15 is 0 Å². The molecule has 39 heavy (non-hydrogen) atoms. The van der Waals surface area contributed by atoms with Gasteiger partial charge in [-0.15, -0.1) is 0 Å². The van der Waals surface area contributed by atoms with Crippen LogP contribution >= 0.6 is 11.6 Å². The van der Waals surface area contributed by atoms with Crippen LogP contribution in [0.5, 0.6) is 0 Å². The molecule has 202 valence electrons. The Labute approximate surface area is 225 Å². The summed E-state index contributed by atoms with van der Waals surface area (Å²) in [6.07, 6.45) is -2.77. The van der Waals surface area contributed by atoms with Crippen LogP contribution in [0.3, 0.4) is 0 Å². The lowest BCUT2D eigenvalue weighted by molar-refractivity contribution is -0.153. The number of pyridine rings is 1. The Balaban J connectivity index is 1.52. The quantitative estimate of drug-likeness (QED) is 0.313. The van der Waals surface area contributed by atoms with Crippen molar-refractivity contribution in [1.29, 1.82) is 0 Å². The van der Waals surface area contributed by atoms with Gasteiger partial charge >= 0.3 is 6.18 Å². The number of hydrogen-bond acceptors (Lipinski definition) is 7. The summed E-state index contributed by atoms with van der Waals surface area (Å²) < 4.78 is 68.0. The minimum absolute atomic E-state index is 0.0778. The first-order valence-electron chi connectivity index (χ1n) is 11.0. The average Bonchev–Trinajstić information content (AvgIpc) is 3.35. The van der Waals surface area contributed by atoms with Crippen LogP contribution in [0.1, 0.15) is 26.6 Å². The Morgan fingerprint density at radius 2 is 1.74 bits per heavy atom. The number of carbonyl (C=O) groups is 2. The summed E-state index contributed by atoms with van der Waals surface area (Å²) in [5, 5.41) is 4.72. The number of sulfone groups is 1. The van der Waals surface area contributed by atoms with Crippen LogP contribution in [0.2, 0.25) is 5.02 Å². The highest BCUT2D eigenvalue weighted by molar-refractivity contribution is 7.90. The molecule has 0 aliphatic carbocycles. The number of amides is 2. The van der Waals surface area contributed by atoms with Crippen molar-refractivity contribution in [3.8, 4) is 22.7 Å².